The van der Waals surface area contributed by atoms with Gasteiger partial charge in [0.1, 0.15) is 0 Å². The van der Waals surface area contributed by atoms with Gasteiger partial charge in [-0.05, 0) is 30.9 Å². The molecule has 0 bridgehead atoms. The number of carbonyl (C=O) groups excluding carboxylic acids is 3. The van der Waals surface area contributed by atoms with E-state index in [1.807, 2.05) is 18.2 Å². The first-order valence-electron chi connectivity index (χ1n) is 9.81. The monoisotopic (exact) mass is 431 g/mol. The number of anilines is 1. The molecule has 9 nitrogen and oxygen atoms in total. The Labute approximate surface area is 178 Å². The van der Waals surface area contributed by atoms with E-state index in [1.54, 1.807) is 24.1 Å². The molecule has 0 spiro atoms. The van der Waals surface area contributed by atoms with Crippen LogP contribution in [0.4, 0.5) is 5.69 Å². The summed E-state index contributed by atoms with van der Waals surface area (Å²) in [7, 11) is 1.59. The highest BCUT2D eigenvalue weighted by Gasteiger charge is 2.27. The zero-order valence-corrected chi connectivity index (χ0v) is 17.6. The van der Waals surface area contributed by atoms with Crippen LogP contribution in [0.5, 0.6) is 0 Å². The van der Waals surface area contributed by atoms with Gasteiger partial charge in [-0.15, -0.1) is 10.2 Å². The topological polar surface area (TPSA) is 114 Å². The van der Waals surface area contributed by atoms with Gasteiger partial charge < -0.3 is 20.3 Å². The van der Waals surface area contributed by atoms with Crippen molar-refractivity contribution < 1.29 is 19.1 Å². The van der Waals surface area contributed by atoms with Crippen molar-refractivity contribution in [1.82, 2.24) is 20.4 Å². The van der Waals surface area contributed by atoms with Crippen molar-refractivity contribution in [2.45, 2.75) is 19.3 Å². The number of rotatable bonds is 8. The van der Waals surface area contributed by atoms with Crippen LogP contribution in [0.3, 0.4) is 0 Å². The summed E-state index contributed by atoms with van der Waals surface area (Å²) in [6, 6.07) is 9.03. The van der Waals surface area contributed by atoms with E-state index in [1.165, 1.54) is 0 Å². The average molecular weight is 432 g/mol. The molecular formula is C20H25N5O4S. The smallest absolute Gasteiger partial charge is 0.286 e. The molecule has 160 valence electrons. The molecule has 0 atom stereocenters. The van der Waals surface area contributed by atoms with Gasteiger partial charge in [0.05, 0.1) is 6.61 Å². The van der Waals surface area contributed by atoms with Gasteiger partial charge in [-0.1, -0.05) is 29.5 Å². The number of para-hydroxylation sites is 1. The Bertz CT molecular complexity index is 865. The van der Waals surface area contributed by atoms with Crippen LogP contribution in [-0.4, -0.2) is 66.2 Å². The molecule has 0 aliphatic carbocycles. The van der Waals surface area contributed by atoms with Crippen LogP contribution >= 0.6 is 11.3 Å². The summed E-state index contributed by atoms with van der Waals surface area (Å²) in [5, 5.41) is 13.7. The summed E-state index contributed by atoms with van der Waals surface area (Å²) in [5.74, 6) is -0.363. The van der Waals surface area contributed by atoms with Crippen molar-refractivity contribution in [2.75, 3.05) is 38.7 Å². The zero-order chi connectivity index (χ0) is 21.3. The fourth-order valence-corrected chi connectivity index (χ4v) is 3.92. The second kappa shape index (κ2) is 10.8. The maximum absolute atomic E-state index is 12.7. The Morgan fingerprint density at radius 3 is 2.53 bits per heavy atom. The molecule has 2 aromatic rings. The number of nitrogens with one attached hydrogen (secondary N) is 2. The first-order chi connectivity index (χ1) is 14.6. The number of piperidine rings is 1. The number of amides is 3. The highest BCUT2D eigenvalue weighted by atomic mass is 32.1. The van der Waals surface area contributed by atoms with Crippen molar-refractivity contribution in [1.29, 1.82) is 0 Å². The van der Waals surface area contributed by atoms with Crippen LogP contribution in [0.15, 0.2) is 30.3 Å². The number of nitrogens with zero attached hydrogens (tertiary/aromatic N) is 3. The van der Waals surface area contributed by atoms with E-state index in [-0.39, 0.29) is 27.7 Å². The lowest BCUT2D eigenvalue weighted by atomic mass is 9.93. The predicted molar refractivity (Wildman–Crippen MR) is 112 cm³/mol. The number of hydrogen-bond donors (Lipinski definition) is 2. The van der Waals surface area contributed by atoms with E-state index in [0.717, 1.165) is 24.2 Å². The SMILES string of the molecule is COCCNC(=O)CC1CCN(C(=O)c2nnc(C(=O)Nc3ccccc3)s2)CC1. The third kappa shape index (κ3) is 6.07. The molecule has 2 heterocycles. The molecule has 1 fully saturated rings. The van der Waals surface area contributed by atoms with E-state index in [0.29, 0.717) is 38.3 Å². The Hall–Kier alpha value is -2.85. The molecule has 1 aromatic heterocycles. The van der Waals surface area contributed by atoms with Crippen LogP contribution in [0.25, 0.3) is 0 Å². The summed E-state index contributed by atoms with van der Waals surface area (Å²) >= 11 is 0.983. The summed E-state index contributed by atoms with van der Waals surface area (Å²) in [4.78, 5) is 38.6. The quantitative estimate of drug-likeness (QED) is 0.616. The molecule has 10 heteroatoms. The third-order valence-electron chi connectivity index (χ3n) is 4.84. The van der Waals surface area contributed by atoms with Crippen molar-refractivity contribution in [3.05, 3.63) is 40.3 Å². The molecule has 1 saturated heterocycles. The highest BCUT2D eigenvalue weighted by molar-refractivity contribution is 7.15. The summed E-state index contributed by atoms with van der Waals surface area (Å²) in [6.07, 6.45) is 1.96. The molecular weight excluding hydrogens is 406 g/mol. The minimum atomic E-state index is -0.393. The van der Waals surface area contributed by atoms with Gasteiger partial charge in [0.15, 0.2) is 0 Å². The summed E-state index contributed by atoms with van der Waals surface area (Å²) < 4.78 is 4.92. The number of benzene rings is 1. The van der Waals surface area contributed by atoms with Crippen LogP contribution in [-0.2, 0) is 9.53 Å². The van der Waals surface area contributed by atoms with Crippen molar-refractivity contribution in [2.24, 2.45) is 5.92 Å². The van der Waals surface area contributed by atoms with Crippen LogP contribution < -0.4 is 10.6 Å². The van der Waals surface area contributed by atoms with E-state index >= 15 is 0 Å². The molecule has 0 radical (unpaired) electrons. The lowest BCUT2D eigenvalue weighted by molar-refractivity contribution is -0.122. The fourth-order valence-electron chi connectivity index (χ4n) is 3.21. The normalized spacial score (nSPS) is 14.4. The van der Waals surface area contributed by atoms with Gasteiger partial charge in [-0.2, -0.15) is 0 Å². The van der Waals surface area contributed by atoms with Crippen molar-refractivity contribution in [3.8, 4) is 0 Å². The van der Waals surface area contributed by atoms with Gasteiger partial charge in [-0.3, -0.25) is 14.4 Å². The van der Waals surface area contributed by atoms with Crippen molar-refractivity contribution >= 4 is 34.7 Å². The summed E-state index contributed by atoms with van der Waals surface area (Å²) in [6.45, 7) is 2.11. The molecule has 0 saturated carbocycles. The lowest BCUT2D eigenvalue weighted by Gasteiger charge is -2.31. The largest absolute Gasteiger partial charge is 0.383 e. The van der Waals surface area contributed by atoms with E-state index in [4.69, 9.17) is 4.74 Å². The first-order valence-corrected chi connectivity index (χ1v) is 10.6. The lowest BCUT2D eigenvalue weighted by Crippen LogP contribution is -2.39. The second-order valence-electron chi connectivity index (χ2n) is 7.01. The molecule has 1 aliphatic heterocycles. The fraction of sp³-hybridized carbons (Fsp3) is 0.450. The number of aromatic nitrogens is 2. The molecule has 3 amide bonds. The molecule has 0 unspecified atom stereocenters. The molecule has 1 aliphatic rings. The Balaban J connectivity index is 1.47. The predicted octanol–water partition coefficient (Wildman–Crippen LogP) is 1.80. The first kappa shape index (κ1) is 21.8. The van der Waals surface area contributed by atoms with Gasteiger partial charge >= 0.3 is 0 Å². The summed E-state index contributed by atoms with van der Waals surface area (Å²) in [5.41, 5.74) is 0.652. The molecule has 1 aromatic carbocycles. The van der Waals surface area contributed by atoms with Gasteiger partial charge in [0, 0.05) is 38.9 Å². The van der Waals surface area contributed by atoms with Crippen LogP contribution in [0.2, 0.25) is 0 Å². The minimum Gasteiger partial charge on any atom is -0.383 e. The number of hydrogen-bond acceptors (Lipinski definition) is 7. The third-order valence-corrected chi connectivity index (χ3v) is 5.75. The number of likely N-dealkylation sites (tertiary alicyclic amines) is 1. The minimum absolute atomic E-state index is 0.00928. The van der Waals surface area contributed by atoms with E-state index in [2.05, 4.69) is 20.8 Å². The number of methoxy groups -OCH3 is 1. The number of ether oxygens (including phenoxy) is 1. The highest BCUT2D eigenvalue weighted by Crippen LogP contribution is 2.23. The second-order valence-corrected chi connectivity index (χ2v) is 7.99. The van der Waals surface area contributed by atoms with Gasteiger partial charge in [-0.25, -0.2) is 0 Å². The molecule has 30 heavy (non-hydrogen) atoms. The zero-order valence-electron chi connectivity index (χ0n) is 16.8. The van der Waals surface area contributed by atoms with Crippen LogP contribution in [0.1, 0.15) is 38.9 Å². The van der Waals surface area contributed by atoms with E-state index in [9.17, 15) is 14.4 Å². The molecule has 3 rings (SSSR count). The maximum atomic E-state index is 12.7. The maximum Gasteiger partial charge on any atom is 0.286 e. The average Bonchev–Trinajstić information content (AvgIpc) is 3.25. The molecule has 2 N–H and O–H groups in total. The Kier molecular flexibility index (Phi) is 7.86. The Morgan fingerprint density at radius 2 is 1.83 bits per heavy atom. The standard InChI is InChI=1S/C20H25N5O4S/c1-29-12-9-21-16(26)13-14-7-10-25(11-8-14)20(28)19-24-23-18(30-19)17(27)22-15-5-3-2-4-6-15/h2-6,14H,7-13H2,1H3,(H,21,26)(H,22,27). The Morgan fingerprint density at radius 1 is 1.13 bits per heavy atom. The van der Waals surface area contributed by atoms with Crippen LogP contribution in [0, 0.1) is 5.92 Å². The van der Waals surface area contributed by atoms with Gasteiger partial charge in [0.2, 0.25) is 15.9 Å². The number of carbonyl (C=O) groups is 3. The van der Waals surface area contributed by atoms with Gasteiger partial charge in [0.25, 0.3) is 11.8 Å². The van der Waals surface area contributed by atoms with Crippen molar-refractivity contribution in [3.63, 3.8) is 0 Å². The van der Waals surface area contributed by atoms with E-state index < -0.39 is 5.91 Å².